The minimum atomic E-state index is -0.465. The summed E-state index contributed by atoms with van der Waals surface area (Å²) in [5, 5.41) is 12.4. The standard InChI is InChI=1S/C19H13Cl2N3O4S2/c1-28-7-6-23-17-14(5-3-12(20)16(17)21)30-19(23)22-18(25)15-9-10-8-11(24(26)27)2-4-13(10)29-15/h2-5,8-9H,6-7H2,1H3. The smallest absolute Gasteiger partial charge is 0.289 e. The van der Waals surface area contributed by atoms with E-state index in [9.17, 15) is 14.9 Å². The fourth-order valence-electron chi connectivity index (χ4n) is 2.97. The molecule has 4 aromatic rings. The van der Waals surface area contributed by atoms with Gasteiger partial charge >= 0.3 is 0 Å². The van der Waals surface area contributed by atoms with Gasteiger partial charge in [-0.3, -0.25) is 14.9 Å². The Morgan fingerprint density at radius 3 is 2.70 bits per heavy atom. The number of hydrogen-bond donors (Lipinski definition) is 0. The van der Waals surface area contributed by atoms with Gasteiger partial charge in [0.2, 0.25) is 0 Å². The number of nitro groups is 1. The number of carbonyl (C=O) groups excluding carboxylic acids is 1. The molecule has 2 aromatic heterocycles. The first-order valence-electron chi connectivity index (χ1n) is 8.62. The van der Waals surface area contributed by atoms with Gasteiger partial charge in [0.15, 0.2) is 4.80 Å². The second-order valence-electron chi connectivity index (χ2n) is 6.24. The zero-order valence-corrected chi connectivity index (χ0v) is 18.6. The predicted octanol–water partition coefficient (Wildman–Crippen LogP) is 5.52. The van der Waals surface area contributed by atoms with Crippen molar-refractivity contribution in [2.24, 2.45) is 4.99 Å². The van der Waals surface area contributed by atoms with Crippen LogP contribution in [0.2, 0.25) is 10.0 Å². The third-order valence-electron chi connectivity index (χ3n) is 4.37. The van der Waals surface area contributed by atoms with Gasteiger partial charge in [-0.2, -0.15) is 4.99 Å². The van der Waals surface area contributed by atoms with Crippen molar-refractivity contribution in [3.8, 4) is 0 Å². The minimum Gasteiger partial charge on any atom is -0.383 e. The highest BCUT2D eigenvalue weighted by Crippen LogP contribution is 2.32. The largest absolute Gasteiger partial charge is 0.383 e. The number of aromatic nitrogens is 1. The summed E-state index contributed by atoms with van der Waals surface area (Å²) in [6.45, 7) is 0.851. The van der Waals surface area contributed by atoms with Crippen LogP contribution in [0.25, 0.3) is 20.3 Å². The normalized spacial score (nSPS) is 12.2. The molecule has 0 radical (unpaired) electrons. The molecule has 0 saturated carbocycles. The van der Waals surface area contributed by atoms with E-state index in [2.05, 4.69) is 4.99 Å². The van der Waals surface area contributed by atoms with Crippen LogP contribution in [0, 0.1) is 10.1 Å². The number of fused-ring (bicyclic) bond motifs is 2. The quantitative estimate of drug-likeness (QED) is 0.277. The van der Waals surface area contributed by atoms with E-state index in [4.69, 9.17) is 27.9 Å². The van der Waals surface area contributed by atoms with Gasteiger partial charge in [0.25, 0.3) is 11.6 Å². The van der Waals surface area contributed by atoms with Crippen molar-refractivity contribution in [3.05, 3.63) is 66.2 Å². The Hall–Kier alpha value is -2.30. The maximum atomic E-state index is 12.9. The highest BCUT2D eigenvalue weighted by molar-refractivity contribution is 7.21. The first-order chi connectivity index (χ1) is 14.4. The number of nitrogens with zero attached hydrogens (tertiary/aromatic N) is 3. The number of non-ortho nitro benzene ring substituents is 1. The van der Waals surface area contributed by atoms with Crippen LogP contribution in [-0.2, 0) is 11.3 Å². The molecule has 0 fully saturated rings. The fourth-order valence-corrected chi connectivity index (χ4v) is 5.44. The van der Waals surface area contributed by atoms with Crippen LogP contribution in [-0.4, -0.2) is 29.1 Å². The van der Waals surface area contributed by atoms with Crippen molar-refractivity contribution in [3.63, 3.8) is 0 Å². The number of halogens is 2. The first-order valence-corrected chi connectivity index (χ1v) is 11.0. The highest BCUT2D eigenvalue weighted by atomic mass is 35.5. The Balaban J connectivity index is 1.82. The van der Waals surface area contributed by atoms with Crippen LogP contribution < -0.4 is 4.80 Å². The van der Waals surface area contributed by atoms with Gasteiger partial charge in [-0.05, 0) is 24.3 Å². The Morgan fingerprint density at radius 2 is 1.97 bits per heavy atom. The molecule has 2 heterocycles. The number of rotatable bonds is 5. The van der Waals surface area contributed by atoms with E-state index in [1.807, 2.05) is 10.6 Å². The number of ether oxygens (including phenoxy) is 1. The van der Waals surface area contributed by atoms with E-state index in [1.54, 1.807) is 25.3 Å². The van der Waals surface area contributed by atoms with Crippen LogP contribution in [0.5, 0.6) is 0 Å². The van der Waals surface area contributed by atoms with E-state index in [-0.39, 0.29) is 5.69 Å². The molecule has 0 aliphatic carbocycles. The van der Waals surface area contributed by atoms with Crippen LogP contribution in [0.15, 0.2) is 41.4 Å². The van der Waals surface area contributed by atoms with E-state index in [1.165, 1.54) is 34.8 Å². The molecule has 4 rings (SSSR count). The second kappa shape index (κ2) is 8.44. The molecule has 30 heavy (non-hydrogen) atoms. The summed E-state index contributed by atoms with van der Waals surface area (Å²) in [4.78, 5) is 28.6. The van der Waals surface area contributed by atoms with Gasteiger partial charge in [0.1, 0.15) is 0 Å². The van der Waals surface area contributed by atoms with E-state index in [0.717, 1.165) is 9.40 Å². The number of methoxy groups -OCH3 is 1. The van der Waals surface area contributed by atoms with Crippen molar-refractivity contribution in [1.82, 2.24) is 4.57 Å². The molecule has 0 bridgehead atoms. The Bertz CT molecular complexity index is 1370. The average Bonchev–Trinajstić information content (AvgIpc) is 3.30. The molecular formula is C19H13Cl2N3O4S2. The van der Waals surface area contributed by atoms with Gasteiger partial charge in [-0.15, -0.1) is 11.3 Å². The molecule has 0 atom stereocenters. The monoisotopic (exact) mass is 481 g/mol. The van der Waals surface area contributed by atoms with Gasteiger partial charge in [0, 0.05) is 35.9 Å². The number of thiophene rings is 1. The van der Waals surface area contributed by atoms with Gasteiger partial charge in [-0.1, -0.05) is 34.5 Å². The van der Waals surface area contributed by atoms with Crippen molar-refractivity contribution in [2.45, 2.75) is 6.54 Å². The molecule has 11 heteroatoms. The van der Waals surface area contributed by atoms with E-state index >= 15 is 0 Å². The van der Waals surface area contributed by atoms with Crippen molar-refractivity contribution in [1.29, 1.82) is 0 Å². The molecule has 0 aliphatic heterocycles. The molecular weight excluding hydrogens is 469 g/mol. The number of nitro benzene ring substituents is 1. The van der Waals surface area contributed by atoms with Crippen LogP contribution in [0.3, 0.4) is 0 Å². The van der Waals surface area contributed by atoms with Crippen LogP contribution in [0.4, 0.5) is 5.69 Å². The zero-order chi connectivity index (χ0) is 21.4. The lowest BCUT2D eigenvalue weighted by atomic mass is 10.2. The number of hydrogen-bond acceptors (Lipinski definition) is 6. The maximum Gasteiger partial charge on any atom is 0.289 e. The summed E-state index contributed by atoms with van der Waals surface area (Å²) in [6, 6.07) is 9.65. The van der Waals surface area contributed by atoms with Crippen LogP contribution >= 0.6 is 45.9 Å². The predicted molar refractivity (Wildman–Crippen MR) is 120 cm³/mol. The van der Waals surface area contributed by atoms with Gasteiger partial charge in [0.05, 0.1) is 36.7 Å². The number of carbonyl (C=O) groups is 1. The number of amides is 1. The molecule has 0 saturated heterocycles. The first kappa shape index (κ1) is 21.0. The molecule has 0 unspecified atom stereocenters. The molecule has 1 amide bonds. The highest BCUT2D eigenvalue weighted by Gasteiger charge is 2.16. The summed E-state index contributed by atoms with van der Waals surface area (Å²) in [7, 11) is 1.59. The molecule has 0 aliphatic rings. The SMILES string of the molecule is COCCn1c(=NC(=O)c2cc3cc([N+](=O)[O-])ccc3s2)sc2ccc(Cl)c(Cl)c21. The maximum absolute atomic E-state index is 12.9. The number of benzene rings is 2. The van der Waals surface area contributed by atoms with Crippen molar-refractivity contribution in [2.75, 3.05) is 13.7 Å². The fraction of sp³-hybridized carbons (Fsp3) is 0.158. The zero-order valence-electron chi connectivity index (χ0n) is 15.4. The van der Waals surface area contributed by atoms with Crippen molar-refractivity contribution < 1.29 is 14.5 Å². The molecule has 154 valence electrons. The Labute approximate surface area is 187 Å². The lowest BCUT2D eigenvalue weighted by molar-refractivity contribution is -0.384. The van der Waals surface area contributed by atoms with Gasteiger partial charge in [-0.25, -0.2) is 0 Å². The minimum absolute atomic E-state index is 0.0235. The van der Waals surface area contributed by atoms with Gasteiger partial charge < -0.3 is 9.30 Å². The lowest BCUT2D eigenvalue weighted by Gasteiger charge is -2.06. The van der Waals surface area contributed by atoms with Crippen LogP contribution in [0.1, 0.15) is 9.67 Å². The molecule has 0 N–H and O–H groups in total. The van der Waals surface area contributed by atoms with Crippen molar-refractivity contribution >= 4 is 77.8 Å². The molecule has 7 nitrogen and oxygen atoms in total. The second-order valence-corrected chi connectivity index (χ2v) is 9.12. The third-order valence-corrected chi connectivity index (χ3v) is 7.31. The summed E-state index contributed by atoms with van der Waals surface area (Å²) in [5.74, 6) is -0.432. The summed E-state index contributed by atoms with van der Waals surface area (Å²) in [5.41, 5.74) is 0.675. The average molecular weight is 482 g/mol. The lowest BCUT2D eigenvalue weighted by Crippen LogP contribution is -2.19. The third kappa shape index (κ3) is 3.86. The van der Waals surface area contributed by atoms with E-state index in [0.29, 0.717) is 43.8 Å². The number of thiazole rings is 1. The topological polar surface area (TPSA) is 86.7 Å². The molecule has 2 aromatic carbocycles. The molecule has 0 spiro atoms. The summed E-state index contributed by atoms with van der Waals surface area (Å²) in [6.07, 6.45) is 0. The summed E-state index contributed by atoms with van der Waals surface area (Å²) < 4.78 is 8.61. The summed E-state index contributed by atoms with van der Waals surface area (Å²) >= 11 is 15.1. The van der Waals surface area contributed by atoms with E-state index < -0.39 is 10.8 Å². The Kier molecular flexibility index (Phi) is 5.90. The Morgan fingerprint density at radius 1 is 1.20 bits per heavy atom.